The van der Waals surface area contributed by atoms with E-state index >= 15 is 0 Å². The van der Waals surface area contributed by atoms with Gasteiger partial charge in [-0.05, 0) is 44.0 Å². The lowest BCUT2D eigenvalue weighted by atomic mass is 10.0. The zero-order valence-electron chi connectivity index (χ0n) is 14.4. The van der Waals surface area contributed by atoms with Crippen LogP contribution in [0.4, 0.5) is 0 Å². The maximum Gasteiger partial charge on any atom is 0.146 e. The number of fused-ring (bicyclic) bond motifs is 1. The first-order chi connectivity index (χ1) is 11.6. The van der Waals surface area contributed by atoms with Gasteiger partial charge in [0.25, 0.3) is 0 Å². The molecule has 120 valence electrons. The molecule has 0 fully saturated rings. The van der Waals surface area contributed by atoms with E-state index in [1.807, 2.05) is 37.9 Å². The molecule has 2 heterocycles. The molecule has 0 saturated heterocycles. The summed E-state index contributed by atoms with van der Waals surface area (Å²) >= 11 is 0. The van der Waals surface area contributed by atoms with Gasteiger partial charge in [0.1, 0.15) is 5.82 Å². The van der Waals surface area contributed by atoms with Crippen molar-refractivity contribution in [2.75, 3.05) is 0 Å². The van der Waals surface area contributed by atoms with Crippen LogP contribution in [-0.4, -0.2) is 19.1 Å². The largest absolute Gasteiger partial charge is 0.333 e. The van der Waals surface area contributed by atoms with E-state index in [1.165, 1.54) is 22.4 Å². The molecule has 4 rings (SSSR count). The number of hydrogen-bond donors (Lipinski definition) is 0. The number of rotatable bonds is 2. The highest BCUT2D eigenvalue weighted by molar-refractivity contribution is 5.90. The summed E-state index contributed by atoms with van der Waals surface area (Å²) in [6, 6.07) is 10.6. The summed E-state index contributed by atoms with van der Waals surface area (Å²) in [6.07, 6.45) is 5.75. The van der Waals surface area contributed by atoms with E-state index in [-0.39, 0.29) is 0 Å². The van der Waals surface area contributed by atoms with Gasteiger partial charge in [0.05, 0.1) is 23.0 Å². The summed E-state index contributed by atoms with van der Waals surface area (Å²) in [5.74, 6) is 0.944. The Balaban J connectivity index is 2.01. The van der Waals surface area contributed by atoms with Crippen molar-refractivity contribution in [3.05, 3.63) is 65.7 Å². The Morgan fingerprint density at radius 1 is 0.958 bits per heavy atom. The van der Waals surface area contributed by atoms with Crippen LogP contribution in [0.15, 0.2) is 49.1 Å². The Hall–Kier alpha value is -2.88. The fourth-order valence-corrected chi connectivity index (χ4v) is 3.63. The van der Waals surface area contributed by atoms with Gasteiger partial charge >= 0.3 is 0 Å². The van der Waals surface area contributed by atoms with Crippen LogP contribution in [0.2, 0.25) is 0 Å². The average molecular weight is 316 g/mol. The Kier molecular flexibility index (Phi) is 3.27. The molecule has 4 nitrogen and oxygen atoms in total. The number of nitrogens with zero attached hydrogens (tertiary/aromatic N) is 4. The molecule has 4 aromatic rings. The number of benzene rings is 2. The third-order valence-electron chi connectivity index (χ3n) is 4.50. The Morgan fingerprint density at radius 2 is 1.71 bits per heavy atom. The number of imidazole rings is 2. The quantitative estimate of drug-likeness (QED) is 0.551. The molecule has 0 radical (unpaired) electrons. The number of aryl methyl sites for hydroxylation is 4. The fraction of sp³-hybridized carbons (Fsp3) is 0.200. The molecule has 4 heteroatoms. The standard InChI is InChI=1S/C20H20N4/c1-13-10-14(2)18(15(3)11-13)24-9-8-21-20(24)16-6-5-7-17-19(16)23(4)12-22-17/h5-12H,1-4H3. The van der Waals surface area contributed by atoms with Gasteiger partial charge in [-0.2, -0.15) is 0 Å². The van der Waals surface area contributed by atoms with Gasteiger partial charge in [0.15, 0.2) is 0 Å². The van der Waals surface area contributed by atoms with Gasteiger partial charge in [-0.15, -0.1) is 0 Å². The minimum atomic E-state index is 0.944. The van der Waals surface area contributed by atoms with Crippen LogP contribution in [0.3, 0.4) is 0 Å². The summed E-state index contributed by atoms with van der Waals surface area (Å²) in [6.45, 7) is 6.45. The van der Waals surface area contributed by atoms with E-state index in [4.69, 9.17) is 0 Å². The molecule has 0 N–H and O–H groups in total. The maximum absolute atomic E-state index is 4.66. The highest BCUT2D eigenvalue weighted by Gasteiger charge is 2.16. The molecule has 0 unspecified atom stereocenters. The minimum Gasteiger partial charge on any atom is -0.333 e. The molecule has 0 aliphatic carbocycles. The fourth-order valence-electron chi connectivity index (χ4n) is 3.63. The molecule has 2 aromatic heterocycles. The van der Waals surface area contributed by atoms with Crippen molar-refractivity contribution in [2.45, 2.75) is 20.8 Å². The zero-order chi connectivity index (χ0) is 16.8. The van der Waals surface area contributed by atoms with Crippen LogP contribution < -0.4 is 0 Å². The summed E-state index contributed by atoms with van der Waals surface area (Å²) in [5, 5.41) is 0. The molecule has 0 bridgehead atoms. The molecule has 0 amide bonds. The third kappa shape index (κ3) is 2.14. The van der Waals surface area contributed by atoms with E-state index in [0.717, 1.165) is 22.4 Å². The molecule has 0 saturated carbocycles. The van der Waals surface area contributed by atoms with Crippen molar-refractivity contribution < 1.29 is 0 Å². The van der Waals surface area contributed by atoms with Crippen molar-refractivity contribution in [1.29, 1.82) is 0 Å². The Morgan fingerprint density at radius 3 is 2.46 bits per heavy atom. The number of hydrogen-bond acceptors (Lipinski definition) is 2. The second-order valence-corrected chi connectivity index (χ2v) is 6.40. The lowest BCUT2D eigenvalue weighted by Gasteiger charge is -2.15. The highest BCUT2D eigenvalue weighted by Crippen LogP contribution is 2.30. The topological polar surface area (TPSA) is 35.6 Å². The van der Waals surface area contributed by atoms with Crippen LogP contribution in [0.5, 0.6) is 0 Å². The van der Waals surface area contributed by atoms with Crippen LogP contribution in [0, 0.1) is 20.8 Å². The monoisotopic (exact) mass is 316 g/mol. The van der Waals surface area contributed by atoms with Gasteiger partial charge in [0.2, 0.25) is 0 Å². The van der Waals surface area contributed by atoms with Crippen molar-refractivity contribution in [3.8, 4) is 17.1 Å². The SMILES string of the molecule is Cc1cc(C)c(-n2ccnc2-c2cccc3ncn(C)c23)c(C)c1. The number of para-hydroxylation sites is 1. The second-order valence-electron chi connectivity index (χ2n) is 6.40. The van der Waals surface area contributed by atoms with E-state index in [0.29, 0.717) is 0 Å². The van der Waals surface area contributed by atoms with Gasteiger partial charge < -0.3 is 4.57 Å². The molecular formula is C20H20N4. The predicted molar refractivity (Wildman–Crippen MR) is 97.5 cm³/mol. The normalized spacial score (nSPS) is 11.3. The van der Waals surface area contributed by atoms with Crippen LogP contribution in [0.1, 0.15) is 16.7 Å². The van der Waals surface area contributed by atoms with Gasteiger partial charge in [0, 0.05) is 25.0 Å². The lowest BCUT2D eigenvalue weighted by Crippen LogP contribution is -2.03. The van der Waals surface area contributed by atoms with Gasteiger partial charge in [-0.25, -0.2) is 9.97 Å². The van der Waals surface area contributed by atoms with Crippen LogP contribution >= 0.6 is 0 Å². The van der Waals surface area contributed by atoms with Crippen molar-refractivity contribution in [3.63, 3.8) is 0 Å². The van der Waals surface area contributed by atoms with E-state index < -0.39 is 0 Å². The first-order valence-corrected chi connectivity index (χ1v) is 8.08. The predicted octanol–water partition coefficient (Wildman–Crippen LogP) is 4.35. The smallest absolute Gasteiger partial charge is 0.146 e. The summed E-state index contributed by atoms with van der Waals surface area (Å²) in [4.78, 5) is 9.12. The molecule has 0 atom stereocenters. The van der Waals surface area contributed by atoms with Gasteiger partial charge in [-0.1, -0.05) is 23.8 Å². The van der Waals surface area contributed by atoms with E-state index in [2.05, 4.69) is 58.1 Å². The van der Waals surface area contributed by atoms with Crippen molar-refractivity contribution in [2.24, 2.45) is 7.05 Å². The third-order valence-corrected chi connectivity index (χ3v) is 4.50. The first-order valence-electron chi connectivity index (χ1n) is 8.08. The average Bonchev–Trinajstić information content (AvgIpc) is 3.14. The molecule has 0 aliphatic rings. The van der Waals surface area contributed by atoms with Gasteiger partial charge in [-0.3, -0.25) is 4.57 Å². The molecule has 0 spiro atoms. The van der Waals surface area contributed by atoms with Crippen LogP contribution in [-0.2, 0) is 7.05 Å². The molecule has 2 aromatic carbocycles. The summed E-state index contributed by atoms with van der Waals surface area (Å²) < 4.78 is 4.24. The Bertz CT molecular complexity index is 1030. The second kappa shape index (κ2) is 5.34. The van der Waals surface area contributed by atoms with Crippen molar-refractivity contribution >= 4 is 11.0 Å². The minimum absolute atomic E-state index is 0.944. The molecule has 0 aliphatic heterocycles. The zero-order valence-corrected chi connectivity index (χ0v) is 14.4. The Labute approximate surface area is 141 Å². The van der Waals surface area contributed by atoms with E-state index in [9.17, 15) is 0 Å². The van der Waals surface area contributed by atoms with Crippen LogP contribution in [0.25, 0.3) is 28.1 Å². The number of aromatic nitrogens is 4. The maximum atomic E-state index is 4.66. The summed E-state index contributed by atoms with van der Waals surface area (Å²) in [5.41, 5.74) is 8.18. The van der Waals surface area contributed by atoms with E-state index in [1.54, 1.807) is 0 Å². The summed E-state index contributed by atoms with van der Waals surface area (Å²) in [7, 11) is 2.02. The van der Waals surface area contributed by atoms with Crippen molar-refractivity contribution in [1.82, 2.24) is 19.1 Å². The lowest BCUT2D eigenvalue weighted by molar-refractivity contribution is 0.945. The first kappa shape index (κ1) is 14.7. The molecule has 24 heavy (non-hydrogen) atoms. The molecular weight excluding hydrogens is 296 g/mol. The highest BCUT2D eigenvalue weighted by atomic mass is 15.1.